The molecule has 1 fully saturated rings. The molecule has 0 saturated carbocycles. The predicted molar refractivity (Wildman–Crippen MR) is 119 cm³/mol. The van der Waals surface area contributed by atoms with E-state index in [4.69, 9.17) is 0 Å². The number of halogens is 3. The molecule has 0 radical (unpaired) electrons. The second-order valence-electron chi connectivity index (χ2n) is 8.52. The molecule has 168 valence electrons. The molecule has 2 N–H and O–H groups in total. The molecule has 31 heavy (non-hydrogen) atoms. The van der Waals surface area contributed by atoms with E-state index in [2.05, 4.69) is 28.5 Å². The van der Waals surface area contributed by atoms with Crippen LogP contribution in [0.2, 0.25) is 0 Å². The van der Waals surface area contributed by atoms with Crippen LogP contribution in [0, 0.1) is 12.3 Å². The van der Waals surface area contributed by atoms with E-state index >= 15 is 0 Å². The minimum absolute atomic E-state index is 0. The second-order valence-corrected chi connectivity index (χ2v) is 9.29. The van der Waals surface area contributed by atoms with Crippen molar-refractivity contribution in [1.82, 2.24) is 9.36 Å². The standard InChI is InChI=1S/C21H21F3N4O2S.2H2/c1-11-16-17(29)13(9-25-19(16)31-27-11)18(30)26-15-5-4-12(8-14(15)21(22,23)24)28-7-6-20(2,3)10-28;;/h4-5,8-9H,6-7,10H2,1-3H3,(H,25,29)(H,26,30);2*1H. The number of aryl methyl sites for hydroxylation is 1. The zero-order valence-electron chi connectivity index (χ0n) is 17.2. The van der Waals surface area contributed by atoms with Gasteiger partial charge in [-0.2, -0.15) is 17.5 Å². The molecule has 1 aromatic carbocycles. The molecule has 0 spiro atoms. The molecule has 0 atom stereocenters. The highest BCUT2D eigenvalue weighted by molar-refractivity contribution is 7.12. The minimum atomic E-state index is -4.67. The second kappa shape index (κ2) is 7.37. The lowest BCUT2D eigenvalue weighted by atomic mass is 9.93. The fourth-order valence-electron chi connectivity index (χ4n) is 3.84. The number of hydrogen-bond donors (Lipinski definition) is 2. The van der Waals surface area contributed by atoms with Gasteiger partial charge in [0.05, 0.1) is 22.3 Å². The van der Waals surface area contributed by atoms with Crippen molar-refractivity contribution >= 4 is 39.0 Å². The number of fused-ring (bicyclic) bond motifs is 1. The Morgan fingerprint density at radius 3 is 2.74 bits per heavy atom. The number of hydrogen-bond acceptors (Lipinski definition) is 5. The number of carbonyl (C=O) groups is 1. The fourth-order valence-corrected chi connectivity index (χ4v) is 4.60. The normalized spacial score (nSPS) is 16.1. The van der Waals surface area contributed by atoms with Gasteiger partial charge in [-0.3, -0.25) is 9.59 Å². The fraction of sp³-hybridized carbons (Fsp3) is 0.381. The molecule has 2 aromatic heterocycles. The first-order chi connectivity index (χ1) is 14.5. The van der Waals surface area contributed by atoms with Crippen molar-refractivity contribution in [3.8, 4) is 0 Å². The number of nitrogens with zero attached hydrogens (tertiary/aromatic N) is 2. The van der Waals surface area contributed by atoms with E-state index in [-0.39, 0.29) is 24.9 Å². The van der Waals surface area contributed by atoms with E-state index in [1.54, 1.807) is 13.0 Å². The van der Waals surface area contributed by atoms with E-state index in [9.17, 15) is 22.8 Å². The van der Waals surface area contributed by atoms with Crippen molar-refractivity contribution in [1.29, 1.82) is 0 Å². The Labute approximate surface area is 183 Å². The van der Waals surface area contributed by atoms with Crippen LogP contribution in [-0.4, -0.2) is 28.4 Å². The number of amides is 1. The van der Waals surface area contributed by atoms with Crippen LogP contribution in [0.1, 0.15) is 44.7 Å². The van der Waals surface area contributed by atoms with Gasteiger partial charge in [-0.1, -0.05) is 13.8 Å². The Kier molecular flexibility index (Phi) is 5.07. The van der Waals surface area contributed by atoms with Crippen molar-refractivity contribution < 1.29 is 20.8 Å². The molecule has 1 aliphatic rings. The first kappa shape index (κ1) is 21.4. The molecule has 0 bridgehead atoms. The van der Waals surface area contributed by atoms with Crippen LogP contribution in [-0.2, 0) is 6.18 Å². The number of H-pyrrole nitrogens is 1. The number of aromatic amines is 1. The van der Waals surface area contributed by atoms with Crippen molar-refractivity contribution in [3.05, 3.63) is 51.4 Å². The summed E-state index contributed by atoms with van der Waals surface area (Å²) in [4.78, 5) is 30.6. The summed E-state index contributed by atoms with van der Waals surface area (Å²) in [6, 6.07) is 3.86. The van der Waals surface area contributed by atoms with Crippen molar-refractivity contribution in [2.75, 3.05) is 23.3 Å². The zero-order valence-corrected chi connectivity index (χ0v) is 18.0. The number of benzene rings is 1. The maximum atomic E-state index is 13.8. The van der Waals surface area contributed by atoms with Crippen LogP contribution >= 0.6 is 11.5 Å². The van der Waals surface area contributed by atoms with E-state index in [0.29, 0.717) is 29.3 Å². The number of pyridine rings is 1. The zero-order chi connectivity index (χ0) is 22.6. The largest absolute Gasteiger partial charge is 0.418 e. The minimum Gasteiger partial charge on any atom is -0.371 e. The summed E-state index contributed by atoms with van der Waals surface area (Å²) in [7, 11) is 0. The Balaban J connectivity index is 0.00000193. The third kappa shape index (κ3) is 4.04. The summed E-state index contributed by atoms with van der Waals surface area (Å²) in [5, 5.41) is 2.53. The van der Waals surface area contributed by atoms with E-state index in [1.165, 1.54) is 12.3 Å². The van der Waals surface area contributed by atoms with Gasteiger partial charge in [0.2, 0.25) is 5.43 Å². The highest BCUT2D eigenvalue weighted by Gasteiger charge is 2.36. The van der Waals surface area contributed by atoms with Crippen LogP contribution < -0.4 is 15.6 Å². The molecular weight excluding hydrogens is 429 g/mol. The van der Waals surface area contributed by atoms with Crippen LogP contribution in [0.3, 0.4) is 0 Å². The third-order valence-electron chi connectivity index (χ3n) is 5.53. The summed E-state index contributed by atoms with van der Waals surface area (Å²) in [5.41, 5.74) is -1.23. The lowest BCUT2D eigenvalue weighted by molar-refractivity contribution is -0.136. The molecule has 6 nitrogen and oxygen atoms in total. The highest BCUT2D eigenvalue weighted by Crippen LogP contribution is 2.39. The monoisotopic (exact) mass is 454 g/mol. The van der Waals surface area contributed by atoms with E-state index in [1.807, 2.05) is 4.90 Å². The number of rotatable bonds is 3. The molecule has 1 saturated heterocycles. The lowest BCUT2D eigenvalue weighted by Crippen LogP contribution is -2.25. The summed E-state index contributed by atoms with van der Waals surface area (Å²) in [5.74, 6) is -0.908. The Hall–Kier alpha value is -2.88. The molecule has 10 heteroatoms. The molecule has 0 unspecified atom stereocenters. The number of carbonyl (C=O) groups excluding carboxylic acids is 1. The molecule has 3 heterocycles. The number of alkyl halides is 3. The quantitative estimate of drug-likeness (QED) is 0.564. The number of anilines is 2. The van der Waals surface area contributed by atoms with Crippen molar-refractivity contribution in [2.45, 2.75) is 33.4 Å². The summed E-state index contributed by atoms with van der Waals surface area (Å²) in [6.07, 6.45) is -2.58. The molecule has 4 rings (SSSR count). The van der Waals surface area contributed by atoms with Gasteiger partial charge in [-0.25, -0.2) is 0 Å². The maximum absolute atomic E-state index is 13.8. The first-order valence-corrected chi connectivity index (χ1v) is 10.5. The van der Waals surface area contributed by atoms with Gasteiger partial charge in [0.1, 0.15) is 10.4 Å². The van der Waals surface area contributed by atoms with Gasteiger partial charge in [0, 0.05) is 27.8 Å². The average molecular weight is 455 g/mol. The SMILES string of the molecule is Cc1nsc2[nH]cc(C(=O)Nc3ccc(N4CCC(C)(C)C4)cc3C(F)(F)F)c(=O)c12.[HH].[HH]. The molecule has 1 aliphatic heterocycles. The Morgan fingerprint density at radius 1 is 1.35 bits per heavy atom. The number of nitrogens with one attached hydrogen (secondary N) is 2. The topological polar surface area (TPSA) is 78.1 Å². The van der Waals surface area contributed by atoms with Gasteiger partial charge in [0.25, 0.3) is 5.91 Å². The molecular formula is C21H25F3N4O2S. The van der Waals surface area contributed by atoms with Gasteiger partial charge in [0.15, 0.2) is 0 Å². The first-order valence-electron chi connectivity index (χ1n) is 9.71. The smallest absolute Gasteiger partial charge is 0.371 e. The van der Waals surface area contributed by atoms with Crippen LogP contribution in [0.15, 0.2) is 29.2 Å². The summed E-state index contributed by atoms with van der Waals surface area (Å²) >= 11 is 1.08. The maximum Gasteiger partial charge on any atom is 0.418 e. The van der Waals surface area contributed by atoms with Crippen molar-refractivity contribution in [3.63, 3.8) is 0 Å². The Bertz CT molecular complexity index is 1240. The Morgan fingerprint density at radius 2 is 2.10 bits per heavy atom. The van der Waals surface area contributed by atoms with Crippen molar-refractivity contribution in [2.24, 2.45) is 5.41 Å². The van der Waals surface area contributed by atoms with Crippen LogP contribution in [0.25, 0.3) is 10.2 Å². The van der Waals surface area contributed by atoms with Gasteiger partial charge in [-0.15, -0.1) is 0 Å². The average Bonchev–Trinajstić information content (AvgIpc) is 3.24. The van der Waals surface area contributed by atoms with Gasteiger partial charge >= 0.3 is 6.18 Å². The van der Waals surface area contributed by atoms with E-state index in [0.717, 1.165) is 24.0 Å². The molecule has 3 aromatic rings. The van der Waals surface area contributed by atoms with Gasteiger partial charge in [-0.05, 0) is 48.5 Å². The van der Waals surface area contributed by atoms with Crippen LogP contribution in [0.4, 0.5) is 24.5 Å². The molecule has 1 amide bonds. The summed E-state index contributed by atoms with van der Waals surface area (Å²) < 4.78 is 45.4. The van der Waals surface area contributed by atoms with E-state index < -0.39 is 23.1 Å². The van der Waals surface area contributed by atoms with Gasteiger partial charge < -0.3 is 15.2 Å². The lowest BCUT2D eigenvalue weighted by Gasteiger charge is -2.23. The highest BCUT2D eigenvalue weighted by atomic mass is 32.1. The molecule has 0 aliphatic carbocycles. The van der Waals surface area contributed by atoms with Crippen LogP contribution in [0.5, 0.6) is 0 Å². The predicted octanol–water partition coefficient (Wildman–Crippen LogP) is 5.29. The number of aromatic nitrogens is 2. The summed E-state index contributed by atoms with van der Waals surface area (Å²) in [6.45, 7) is 7.10. The third-order valence-corrected chi connectivity index (χ3v) is 6.40.